The fraction of sp³-hybridized carbons (Fsp3) is 0.381. The Bertz CT molecular complexity index is 809. The molecule has 2 N–H and O–H groups in total. The van der Waals surface area contributed by atoms with Crippen LogP contribution in [0, 0.1) is 11.8 Å². The fourth-order valence-corrected chi connectivity index (χ4v) is 3.26. The van der Waals surface area contributed by atoms with Gasteiger partial charge >= 0.3 is 11.9 Å². The molecule has 1 saturated carbocycles. The number of carbonyl (C=O) groups is 3. The third kappa shape index (κ3) is 4.86. The molecule has 1 aromatic rings. The number of aromatic hydroxyl groups is 1. The Morgan fingerprint density at radius 2 is 2.00 bits per heavy atom. The van der Waals surface area contributed by atoms with E-state index in [9.17, 15) is 24.6 Å². The monoisotopic (exact) mass is 386 g/mol. The van der Waals surface area contributed by atoms with Crippen molar-refractivity contribution in [2.45, 2.75) is 38.1 Å². The number of rotatable bonds is 7. The van der Waals surface area contributed by atoms with Crippen LogP contribution in [0.1, 0.15) is 25.3 Å². The molecule has 1 aliphatic carbocycles. The highest BCUT2D eigenvalue weighted by molar-refractivity contribution is 5.93. The van der Waals surface area contributed by atoms with E-state index in [1.54, 1.807) is 18.2 Å². The summed E-state index contributed by atoms with van der Waals surface area (Å²) < 4.78 is 10.2. The summed E-state index contributed by atoms with van der Waals surface area (Å²) in [5.41, 5.74) is 0.704. The second-order valence-electron chi connectivity index (χ2n) is 7.02. The molecule has 0 spiro atoms. The van der Waals surface area contributed by atoms with Crippen molar-refractivity contribution in [3.05, 3.63) is 48.1 Å². The van der Waals surface area contributed by atoms with Gasteiger partial charge in [-0.1, -0.05) is 18.2 Å². The molecule has 0 saturated heterocycles. The number of aliphatic hydroxyl groups is 1. The highest BCUT2D eigenvalue weighted by Crippen LogP contribution is 2.44. The first-order valence-corrected chi connectivity index (χ1v) is 9.12. The van der Waals surface area contributed by atoms with Gasteiger partial charge in [-0.05, 0) is 43.0 Å². The molecule has 1 unspecified atom stereocenters. The van der Waals surface area contributed by atoms with E-state index in [0.717, 1.165) is 0 Å². The summed E-state index contributed by atoms with van der Waals surface area (Å²) >= 11 is 0. The molecular weight excluding hydrogens is 364 g/mol. The molecule has 7 nitrogen and oxygen atoms in total. The Balaban J connectivity index is 1.48. The number of phenolic OH excluding ortho intramolecular Hbond substituents is 1. The molecule has 1 heterocycles. The van der Waals surface area contributed by atoms with Crippen molar-refractivity contribution >= 4 is 23.8 Å². The van der Waals surface area contributed by atoms with Crippen molar-refractivity contribution in [1.82, 2.24) is 0 Å². The van der Waals surface area contributed by atoms with Crippen molar-refractivity contribution in [3.8, 4) is 5.75 Å². The van der Waals surface area contributed by atoms with Gasteiger partial charge in [0, 0.05) is 24.5 Å². The zero-order valence-corrected chi connectivity index (χ0v) is 15.4. The molecule has 3 rings (SSSR count). The van der Waals surface area contributed by atoms with E-state index in [1.165, 1.54) is 37.3 Å². The number of carbonyl (C=O) groups excluding carboxylic acids is 3. The number of phenols is 1. The molecule has 1 aliphatic heterocycles. The van der Waals surface area contributed by atoms with Crippen LogP contribution in [0.5, 0.6) is 5.75 Å². The summed E-state index contributed by atoms with van der Waals surface area (Å²) in [4.78, 5) is 35.7. The van der Waals surface area contributed by atoms with Crippen LogP contribution in [0.25, 0.3) is 6.08 Å². The first-order chi connectivity index (χ1) is 13.3. The van der Waals surface area contributed by atoms with Gasteiger partial charge in [0.05, 0.1) is 6.10 Å². The Hall–Kier alpha value is -2.93. The van der Waals surface area contributed by atoms with Gasteiger partial charge in [0.1, 0.15) is 11.9 Å². The number of benzene rings is 1. The SMILES string of the molecule is CC(OC(=O)/C=C/c1ccc(O)cc1)C(=O)[C@H]1C[C@@H]1[C@H](O)[C@H]1CC=CC(=O)O1. The van der Waals surface area contributed by atoms with E-state index in [1.807, 2.05) is 0 Å². The summed E-state index contributed by atoms with van der Waals surface area (Å²) in [7, 11) is 0. The van der Waals surface area contributed by atoms with Gasteiger partial charge < -0.3 is 19.7 Å². The van der Waals surface area contributed by atoms with Crippen LogP contribution in [0.4, 0.5) is 0 Å². The molecule has 0 bridgehead atoms. The normalized spacial score (nSPS) is 25.8. The Kier molecular flexibility index (Phi) is 5.94. The van der Waals surface area contributed by atoms with Gasteiger partial charge in [0.2, 0.25) is 0 Å². The lowest BCUT2D eigenvalue weighted by Crippen LogP contribution is -2.35. The predicted molar refractivity (Wildman–Crippen MR) is 98.9 cm³/mol. The predicted octanol–water partition coefficient (Wildman–Crippen LogP) is 1.77. The Morgan fingerprint density at radius 3 is 2.68 bits per heavy atom. The summed E-state index contributed by atoms with van der Waals surface area (Å²) in [6.45, 7) is 1.50. The molecule has 148 valence electrons. The van der Waals surface area contributed by atoms with Crippen molar-refractivity contribution < 1.29 is 34.1 Å². The van der Waals surface area contributed by atoms with Gasteiger partial charge in [0.15, 0.2) is 11.9 Å². The molecule has 7 heteroatoms. The lowest BCUT2D eigenvalue weighted by atomic mass is 10.0. The number of Topliss-reactive ketones (excluding diaryl/α,β-unsaturated/α-hetero) is 1. The van der Waals surface area contributed by atoms with Gasteiger partial charge in [-0.2, -0.15) is 0 Å². The molecule has 1 aromatic carbocycles. The summed E-state index contributed by atoms with van der Waals surface area (Å²) in [6.07, 6.45) is 4.08. The van der Waals surface area contributed by atoms with E-state index in [4.69, 9.17) is 9.47 Å². The first-order valence-electron chi connectivity index (χ1n) is 9.12. The van der Waals surface area contributed by atoms with Crippen molar-refractivity contribution in [2.24, 2.45) is 11.8 Å². The number of esters is 2. The number of aliphatic hydroxyl groups excluding tert-OH is 1. The first kappa shape index (κ1) is 19.8. The maximum absolute atomic E-state index is 12.5. The Morgan fingerprint density at radius 1 is 1.29 bits per heavy atom. The topological polar surface area (TPSA) is 110 Å². The van der Waals surface area contributed by atoms with E-state index >= 15 is 0 Å². The van der Waals surface area contributed by atoms with E-state index in [-0.39, 0.29) is 17.5 Å². The zero-order chi connectivity index (χ0) is 20.3. The number of cyclic esters (lactones) is 1. The van der Waals surface area contributed by atoms with Crippen molar-refractivity contribution in [3.63, 3.8) is 0 Å². The van der Waals surface area contributed by atoms with Crippen LogP contribution < -0.4 is 0 Å². The molecule has 0 aromatic heterocycles. The number of ether oxygens (including phenoxy) is 2. The number of hydrogen-bond acceptors (Lipinski definition) is 7. The highest BCUT2D eigenvalue weighted by atomic mass is 16.6. The van der Waals surface area contributed by atoms with Crippen molar-refractivity contribution in [1.29, 1.82) is 0 Å². The van der Waals surface area contributed by atoms with Crippen molar-refractivity contribution in [2.75, 3.05) is 0 Å². The second kappa shape index (κ2) is 8.39. The molecule has 2 aliphatic rings. The molecule has 5 atom stereocenters. The van der Waals surface area contributed by atoms with Crippen LogP contribution in [0.2, 0.25) is 0 Å². The molecular formula is C21H22O7. The van der Waals surface area contributed by atoms with Crippen LogP contribution in [0.15, 0.2) is 42.5 Å². The zero-order valence-electron chi connectivity index (χ0n) is 15.4. The van der Waals surface area contributed by atoms with E-state index in [2.05, 4.69) is 0 Å². The summed E-state index contributed by atoms with van der Waals surface area (Å²) in [6, 6.07) is 6.26. The molecule has 28 heavy (non-hydrogen) atoms. The quantitative estimate of drug-likeness (QED) is 0.543. The standard InChI is InChI=1S/C21H22O7/c1-12(27-19(24)10-7-13-5-8-14(22)9-6-13)20(25)15-11-16(15)21(26)17-3-2-4-18(23)28-17/h2,4-10,12,15-17,21-22,26H,3,11H2,1H3/b10-7+/t12?,15-,16-,17+,21-/m0/s1. The fourth-order valence-electron chi connectivity index (χ4n) is 3.26. The minimum Gasteiger partial charge on any atom is -0.508 e. The molecule has 0 radical (unpaired) electrons. The second-order valence-corrected chi connectivity index (χ2v) is 7.02. The molecule has 0 amide bonds. The van der Waals surface area contributed by atoms with Gasteiger partial charge in [-0.15, -0.1) is 0 Å². The van der Waals surface area contributed by atoms with Gasteiger partial charge in [0.25, 0.3) is 0 Å². The summed E-state index contributed by atoms with van der Waals surface area (Å²) in [5, 5.41) is 19.6. The minimum atomic E-state index is -0.937. The smallest absolute Gasteiger partial charge is 0.331 e. The average Bonchev–Trinajstić information content (AvgIpc) is 3.47. The maximum atomic E-state index is 12.5. The third-order valence-corrected chi connectivity index (χ3v) is 4.91. The number of hydrogen-bond donors (Lipinski definition) is 2. The highest BCUT2D eigenvalue weighted by Gasteiger charge is 2.51. The largest absolute Gasteiger partial charge is 0.508 e. The van der Waals surface area contributed by atoms with E-state index < -0.39 is 36.2 Å². The maximum Gasteiger partial charge on any atom is 0.331 e. The Labute approximate surface area is 162 Å². The van der Waals surface area contributed by atoms with Crippen LogP contribution in [-0.4, -0.2) is 46.2 Å². The molecule has 1 fully saturated rings. The summed E-state index contributed by atoms with van der Waals surface area (Å²) in [5.74, 6) is -2.00. The lowest BCUT2D eigenvalue weighted by Gasteiger charge is -2.24. The minimum absolute atomic E-state index is 0.124. The number of ketones is 1. The van der Waals surface area contributed by atoms with Crippen LogP contribution >= 0.6 is 0 Å². The van der Waals surface area contributed by atoms with Gasteiger partial charge in [-0.3, -0.25) is 4.79 Å². The van der Waals surface area contributed by atoms with Crippen LogP contribution in [-0.2, 0) is 23.9 Å². The van der Waals surface area contributed by atoms with Gasteiger partial charge in [-0.25, -0.2) is 9.59 Å². The third-order valence-electron chi connectivity index (χ3n) is 4.91. The lowest BCUT2D eigenvalue weighted by molar-refractivity contribution is -0.152. The average molecular weight is 386 g/mol. The van der Waals surface area contributed by atoms with E-state index in [0.29, 0.717) is 18.4 Å². The van der Waals surface area contributed by atoms with Crippen LogP contribution in [0.3, 0.4) is 0 Å².